The molecule has 0 heterocycles. The molecule has 1 aromatic rings. The fourth-order valence-corrected chi connectivity index (χ4v) is 2.60. The van der Waals surface area contributed by atoms with Crippen molar-refractivity contribution in [3.05, 3.63) is 29.3 Å². The molecule has 0 atom stereocenters. The largest absolute Gasteiger partial charge is 0.387 e. The molecule has 0 unspecified atom stereocenters. The van der Waals surface area contributed by atoms with Gasteiger partial charge in [0.05, 0.1) is 5.84 Å². The molecule has 0 radical (unpaired) electrons. The van der Waals surface area contributed by atoms with Gasteiger partial charge in [-0.3, -0.25) is 5.41 Å². The lowest BCUT2D eigenvalue weighted by Gasteiger charge is -2.22. The van der Waals surface area contributed by atoms with Crippen LogP contribution < -0.4 is 5.73 Å². The van der Waals surface area contributed by atoms with Crippen LogP contribution in [0.15, 0.2) is 29.2 Å². The summed E-state index contributed by atoms with van der Waals surface area (Å²) in [6.07, 6.45) is 0.888. The maximum atomic E-state index is 7.46. The Balaban J connectivity index is 2.45. The highest BCUT2D eigenvalue weighted by Gasteiger charge is 2.20. The summed E-state index contributed by atoms with van der Waals surface area (Å²) in [5.74, 6) is 1.19. The van der Waals surface area contributed by atoms with Gasteiger partial charge in [-0.2, -0.15) is 0 Å². The van der Waals surface area contributed by atoms with Gasteiger partial charge in [-0.05, 0) is 30.4 Å². The van der Waals surface area contributed by atoms with E-state index >= 15 is 0 Å². The molecule has 0 aromatic heterocycles. The van der Waals surface area contributed by atoms with E-state index in [1.54, 1.807) is 11.8 Å². The van der Waals surface area contributed by atoms with Gasteiger partial charge in [-0.25, -0.2) is 0 Å². The van der Waals surface area contributed by atoms with Gasteiger partial charge in [0.1, 0.15) is 0 Å². The van der Waals surface area contributed by atoms with Gasteiger partial charge in [0.2, 0.25) is 0 Å². The Hall–Kier alpha value is -0.670. The molecule has 0 aliphatic heterocycles. The SMILES string of the molecule is CC(C)(CCSc1cccc(Cl)c1)C(=N)N. The fraction of sp³-hybridized carbons (Fsp3) is 0.417. The summed E-state index contributed by atoms with van der Waals surface area (Å²) < 4.78 is 0. The first-order chi connectivity index (χ1) is 7.42. The topological polar surface area (TPSA) is 49.9 Å². The van der Waals surface area contributed by atoms with E-state index in [1.807, 2.05) is 38.1 Å². The lowest BCUT2D eigenvalue weighted by molar-refractivity contribution is 0.500. The molecule has 2 nitrogen and oxygen atoms in total. The highest BCUT2D eigenvalue weighted by atomic mass is 35.5. The van der Waals surface area contributed by atoms with Crippen LogP contribution in [0.4, 0.5) is 0 Å². The van der Waals surface area contributed by atoms with E-state index in [-0.39, 0.29) is 11.3 Å². The monoisotopic (exact) mass is 256 g/mol. The minimum Gasteiger partial charge on any atom is -0.387 e. The number of nitrogens with one attached hydrogen (secondary N) is 1. The molecule has 0 fully saturated rings. The average molecular weight is 257 g/mol. The summed E-state index contributed by atoms with van der Waals surface area (Å²) in [5.41, 5.74) is 5.31. The van der Waals surface area contributed by atoms with E-state index in [2.05, 4.69) is 0 Å². The lowest BCUT2D eigenvalue weighted by atomic mass is 9.89. The third-order valence-electron chi connectivity index (χ3n) is 2.52. The normalized spacial score (nSPS) is 11.4. The van der Waals surface area contributed by atoms with Crippen LogP contribution in [-0.2, 0) is 0 Å². The molecular weight excluding hydrogens is 240 g/mol. The van der Waals surface area contributed by atoms with Gasteiger partial charge in [0, 0.05) is 15.3 Å². The molecule has 0 saturated carbocycles. The predicted octanol–water partition coefficient (Wildman–Crippen LogP) is 3.78. The number of halogens is 1. The van der Waals surface area contributed by atoms with Crippen LogP contribution in [0, 0.1) is 10.8 Å². The molecule has 0 saturated heterocycles. The Kier molecular flexibility index (Phi) is 4.69. The zero-order valence-electron chi connectivity index (χ0n) is 9.59. The number of hydrogen-bond donors (Lipinski definition) is 2. The average Bonchev–Trinajstić information content (AvgIpc) is 2.17. The number of hydrogen-bond acceptors (Lipinski definition) is 2. The first kappa shape index (κ1) is 13.4. The van der Waals surface area contributed by atoms with Crippen LogP contribution in [0.25, 0.3) is 0 Å². The maximum absolute atomic E-state index is 7.46. The Bertz CT molecular complexity index is 377. The molecule has 1 aromatic carbocycles. The molecule has 16 heavy (non-hydrogen) atoms. The van der Waals surface area contributed by atoms with Crippen LogP contribution in [0.5, 0.6) is 0 Å². The summed E-state index contributed by atoms with van der Waals surface area (Å²) in [7, 11) is 0. The highest BCUT2D eigenvalue weighted by Crippen LogP contribution is 2.27. The quantitative estimate of drug-likeness (QED) is 0.479. The lowest BCUT2D eigenvalue weighted by Crippen LogP contribution is -2.31. The summed E-state index contributed by atoms with van der Waals surface area (Å²) >= 11 is 7.64. The molecule has 4 heteroatoms. The standard InChI is InChI=1S/C12H17ClN2S/c1-12(2,11(14)15)6-7-16-10-5-3-4-9(13)8-10/h3-5,8H,6-7H2,1-2H3,(H3,14,15). The van der Waals surface area contributed by atoms with Crippen molar-refractivity contribution < 1.29 is 0 Å². The van der Waals surface area contributed by atoms with Crippen molar-refractivity contribution >= 4 is 29.2 Å². The van der Waals surface area contributed by atoms with Crippen LogP contribution in [0.3, 0.4) is 0 Å². The Morgan fingerprint density at radius 1 is 1.50 bits per heavy atom. The Labute approximate surface area is 106 Å². The molecule has 0 bridgehead atoms. The molecule has 0 aliphatic carbocycles. The van der Waals surface area contributed by atoms with Gasteiger partial charge < -0.3 is 5.73 Å². The Morgan fingerprint density at radius 3 is 2.75 bits per heavy atom. The van der Waals surface area contributed by atoms with Crippen molar-refractivity contribution in [1.29, 1.82) is 5.41 Å². The van der Waals surface area contributed by atoms with E-state index in [0.29, 0.717) is 0 Å². The molecule has 0 spiro atoms. The second-order valence-corrected chi connectivity index (χ2v) is 5.96. The summed E-state index contributed by atoms with van der Waals surface area (Å²) in [6.45, 7) is 3.99. The van der Waals surface area contributed by atoms with E-state index in [4.69, 9.17) is 22.7 Å². The smallest absolute Gasteiger partial charge is 0.0963 e. The van der Waals surface area contributed by atoms with Crippen LogP contribution in [0.1, 0.15) is 20.3 Å². The van der Waals surface area contributed by atoms with Crippen molar-refractivity contribution in [2.24, 2.45) is 11.1 Å². The molecule has 1 rings (SSSR count). The van der Waals surface area contributed by atoms with Crippen molar-refractivity contribution in [2.75, 3.05) is 5.75 Å². The third kappa shape index (κ3) is 4.06. The van der Waals surface area contributed by atoms with E-state index in [9.17, 15) is 0 Å². The van der Waals surface area contributed by atoms with Gasteiger partial charge >= 0.3 is 0 Å². The van der Waals surface area contributed by atoms with Crippen molar-refractivity contribution in [1.82, 2.24) is 0 Å². The van der Waals surface area contributed by atoms with Crippen molar-refractivity contribution in [3.63, 3.8) is 0 Å². The first-order valence-electron chi connectivity index (χ1n) is 5.15. The zero-order chi connectivity index (χ0) is 12.2. The van der Waals surface area contributed by atoms with Gasteiger partial charge in [0.25, 0.3) is 0 Å². The number of benzene rings is 1. The number of thioether (sulfide) groups is 1. The van der Waals surface area contributed by atoms with E-state index < -0.39 is 0 Å². The zero-order valence-corrected chi connectivity index (χ0v) is 11.2. The van der Waals surface area contributed by atoms with Gasteiger partial charge in [-0.15, -0.1) is 11.8 Å². The third-order valence-corrected chi connectivity index (χ3v) is 3.75. The summed E-state index contributed by atoms with van der Waals surface area (Å²) in [6, 6.07) is 7.80. The first-order valence-corrected chi connectivity index (χ1v) is 6.51. The molecular formula is C12H17ClN2S. The summed E-state index contributed by atoms with van der Waals surface area (Å²) in [4.78, 5) is 1.16. The van der Waals surface area contributed by atoms with Gasteiger partial charge in [-0.1, -0.05) is 31.5 Å². The maximum Gasteiger partial charge on any atom is 0.0963 e. The predicted molar refractivity (Wildman–Crippen MR) is 72.5 cm³/mol. The fourth-order valence-electron chi connectivity index (χ4n) is 1.12. The second-order valence-electron chi connectivity index (χ2n) is 4.35. The number of rotatable bonds is 5. The number of nitrogens with two attached hydrogens (primary N) is 1. The number of amidine groups is 1. The van der Waals surface area contributed by atoms with Gasteiger partial charge in [0.15, 0.2) is 0 Å². The van der Waals surface area contributed by atoms with E-state index in [1.165, 1.54) is 0 Å². The molecule has 3 N–H and O–H groups in total. The minimum absolute atomic E-state index is 0.217. The van der Waals surface area contributed by atoms with Crippen LogP contribution in [-0.4, -0.2) is 11.6 Å². The second kappa shape index (κ2) is 5.60. The summed E-state index contributed by atoms with van der Waals surface area (Å²) in [5, 5.41) is 8.22. The molecule has 0 amide bonds. The van der Waals surface area contributed by atoms with Crippen LogP contribution >= 0.6 is 23.4 Å². The Morgan fingerprint density at radius 2 is 2.19 bits per heavy atom. The van der Waals surface area contributed by atoms with Crippen molar-refractivity contribution in [2.45, 2.75) is 25.2 Å². The van der Waals surface area contributed by atoms with E-state index in [0.717, 1.165) is 22.1 Å². The molecule has 0 aliphatic rings. The molecule has 88 valence electrons. The minimum atomic E-state index is -0.217. The van der Waals surface area contributed by atoms with Crippen molar-refractivity contribution in [3.8, 4) is 0 Å². The highest BCUT2D eigenvalue weighted by molar-refractivity contribution is 7.99. The van der Waals surface area contributed by atoms with Crippen LogP contribution in [0.2, 0.25) is 5.02 Å².